The minimum Gasteiger partial charge on any atom is -0.303 e. The molecular weight excluding hydrogens is 416 g/mol. The summed E-state index contributed by atoms with van der Waals surface area (Å²) in [4.78, 5) is 43.3. The molecule has 0 unspecified atom stereocenters. The Labute approximate surface area is 190 Å². The lowest BCUT2D eigenvalue weighted by Crippen LogP contribution is -2.41. The van der Waals surface area contributed by atoms with E-state index in [2.05, 4.69) is 15.8 Å². The normalized spacial score (nSPS) is 12.2. The van der Waals surface area contributed by atoms with Crippen LogP contribution >= 0.6 is 0 Å². The highest BCUT2D eigenvalue weighted by atomic mass is 16.2. The number of hydrogen-bond acceptors (Lipinski definition) is 4. The lowest BCUT2D eigenvalue weighted by Gasteiger charge is -2.18. The summed E-state index contributed by atoms with van der Waals surface area (Å²) in [7, 11) is 0. The van der Waals surface area contributed by atoms with Crippen molar-refractivity contribution >= 4 is 34.2 Å². The minimum absolute atomic E-state index is 0.0306. The van der Waals surface area contributed by atoms with Gasteiger partial charge in [0.2, 0.25) is 0 Å². The molecule has 0 aliphatic carbocycles. The number of amides is 3. The topological polar surface area (TPSA) is 91.4 Å². The van der Waals surface area contributed by atoms with E-state index < -0.39 is 11.8 Å². The van der Waals surface area contributed by atoms with Crippen molar-refractivity contribution in [1.82, 2.24) is 15.8 Å². The third-order valence-electron chi connectivity index (χ3n) is 5.67. The number of carbonyl (C=O) groups is 3. The number of aryl methyl sites for hydroxylation is 1. The molecule has 0 saturated heterocycles. The molecule has 0 atom stereocenters. The summed E-state index contributed by atoms with van der Waals surface area (Å²) in [6.45, 7) is 2.22. The predicted molar refractivity (Wildman–Crippen MR) is 125 cm³/mol. The van der Waals surface area contributed by atoms with Gasteiger partial charge in [-0.15, -0.1) is 0 Å². The Bertz CT molecular complexity index is 1390. The smallest absolute Gasteiger partial charge is 0.271 e. The fourth-order valence-corrected chi connectivity index (χ4v) is 3.94. The Balaban J connectivity index is 1.25. The van der Waals surface area contributed by atoms with Crippen LogP contribution in [0.4, 0.5) is 5.69 Å². The van der Waals surface area contributed by atoms with Crippen LogP contribution in [0.5, 0.6) is 0 Å². The molecule has 4 aromatic rings. The molecule has 1 aromatic heterocycles. The summed E-state index contributed by atoms with van der Waals surface area (Å²) in [6, 6.07) is 21.9. The zero-order valence-corrected chi connectivity index (χ0v) is 17.8. The Morgan fingerprint density at radius 2 is 1.52 bits per heavy atom. The summed E-state index contributed by atoms with van der Waals surface area (Å²) >= 11 is 0. The summed E-state index contributed by atoms with van der Waals surface area (Å²) in [5.41, 5.74) is 8.81. The molecule has 0 spiro atoms. The Morgan fingerprint density at radius 1 is 0.848 bits per heavy atom. The van der Waals surface area contributed by atoms with Gasteiger partial charge in [-0.3, -0.25) is 30.2 Å². The van der Waals surface area contributed by atoms with Crippen molar-refractivity contribution in [3.05, 3.63) is 107 Å². The van der Waals surface area contributed by atoms with Gasteiger partial charge in [0.15, 0.2) is 0 Å². The molecule has 0 radical (unpaired) electrons. The number of nitrogens with zero attached hydrogens (tertiary/aromatic N) is 2. The van der Waals surface area contributed by atoms with Gasteiger partial charge in [0.1, 0.15) is 0 Å². The van der Waals surface area contributed by atoms with E-state index in [0.717, 1.165) is 27.7 Å². The highest BCUT2D eigenvalue weighted by Crippen LogP contribution is 2.37. The summed E-state index contributed by atoms with van der Waals surface area (Å²) in [5, 5.41) is 2.01. The van der Waals surface area contributed by atoms with E-state index in [0.29, 0.717) is 23.2 Å². The van der Waals surface area contributed by atoms with Crippen molar-refractivity contribution < 1.29 is 14.4 Å². The maximum absolute atomic E-state index is 13.0. The molecule has 1 aliphatic heterocycles. The first-order valence-electron chi connectivity index (χ1n) is 10.5. The van der Waals surface area contributed by atoms with Crippen molar-refractivity contribution in [2.45, 2.75) is 13.5 Å². The van der Waals surface area contributed by atoms with Gasteiger partial charge in [-0.1, -0.05) is 36.4 Å². The molecule has 3 amide bonds. The second-order valence-corrected chi connectivity index (χ2v) is 7.87. The lowest BCUT2D eigenvalue weighted by molar-refractivity contribution is 0.0846. The number of aromatic nitrogens is 1. The largest absolute Gasteiger partial charge is 0.303 e. The summed E-state index contributed by atoms with van der Waals surface area (Å²) in [6.07, 6.45) is 1.45. The quantitative estimate of drug-likeness (QED) is 0.477. The molecule has 3 aromatic carbocycles. The van der Waals surface area contributed by atoms with Gasteiger partial charge in [0.25, 0.3) is 17.7 Å². The van der Waals surface area contributed by atoms with E-state index >= 15 is 0 Å². The number of carbonyl (C=O) groups excluding carboxylic acids is 3. The number of hydrogen-bond donors (Lipinski definition) is 2. The zero-order chi connectivity index (χ0) is 22.9. The molecule has 1 aliphatic rings. The molecule has 2 heterocycles. The fraction of sp³-hybridized carbons (Fsp3) is 0.0769. The van der Waals surface area contributed by atoms with Gasteiger partial charge < -0.3 is 4.90 Å². The highest BCUT2D eigenvalue weighted by Gasteiger charge is 2.29. The average Bonchev–Trinajstić information content (AvgIpc) is 3.11. The van der Waals surface area contributed by atoms with E-state index in [-0.39, 0.29) is 5.91 Å². The molecule has 7 heteroatoms. The van der Waals surface area contributed by atoms with Crippen molar-refractivity contribution in [2.24, 2.45) is 0 Å². The van der Waals surface area contributed by atoms with E-state index in [1.807, 2.05) is 43.3 Å². The monoisotopic (exact) mass is 436 g/mol. The molecule has 0 bridgehead atoms. The summed E-state index contributed by atoms with van der Waals surface area (Å²) < 4.78 is 0. The highest BCUT2D eigenvalue weighted by molar-refractivity contribution is 6.24. The van der Waals surface area contributed by atoms with Crippen molar-refractivity contribution in [3.8, 4) is 0 Å². The van der Waals surface area contributed by atoms with Crippen molar-refractivity contribution in [3.63, 3.8) is 0 Å². The Kier molecular flexibility index (Phi) is 5.06. The van der Waals surface area contributed by atoms with Crippen LogP contribution < -0.4 is 15.8 Å². The van der Waals surface area contributed by atoms with Crippen LogP contribution in [0.3, 0.4) is 0 Å². The SMILES string of the molecule is Cc1ccc(C(=O)NNC(=O)c2ccc(CN3C(=O)c4cccc5cccc3c45)cc2)cn1. The first-order valence-corrected chi connectivity index (χ1v) is 10.5. The number of rotatable bonds is 4. The van der Waals surface area contributed by atoms with Crippen LogP contribution in [0, 0.1) is 6.92 Å². The molecule has 0 fully saturated rings. The third-order valence-corrected chi connectivity index (χ3v) is 5.67. The van der Waals surface area contributed by atoms with E-state index in [1.54, 1.807) is 41.3 Å². The number of benzene rings is 3. The van der Waals surface area contributed by atoms with Gasteiger partial charge >= 0.3 is 0 Å². The first-order chi connectivity index (χ1) is 16.0. The van der Waals surface area contributed by atoms with Crippen LogP contribution in [0.15, 0.2) is 79.0 Å². The van der Waals surface area contributed by atoms with Crippen molar-refractivity contribution in [2.75, 3.05) is 4.90 Å². The van der Waals surface area contributed by atoms with E-state index in [1.165, 1.54) is 6.20 Å². The number of anilines is 1. The second kappa shape index (κ2) is 8.20. The number of hydrazine groups is 1. The average molecular weight is 436 g/mol. The molecule has 162 valence electrons. The van der Waals surface area contributed by atoms with E-state index in [4.69, 9.17) is 0 Å². The third kappa shape index (κ3) is 3.80. The van der Waals surface area contributed by atoms with Gasteiger partial charge in [0, 0.05) is 28.4 Å². The maximum Gasteiger partial charge on any atom is 0.271 e. The Morgan fingerprint density at radius 3 is 2.21 bits per heavy atom. The first kappa shape index (κ1) is 20.4. The van der Waals surface area contributed by atoms with Crippen LogP contribution in [-0.4, -0.2) is 22.7 Å². The molecule has 0 saturated carbocycles. The van der Waals surface area contributed by atoms with Crippen LogP contribution in [-0.2, 0) is 6.54 Å². The predicted octanol–water partition coefficient (Wildman–Crippen LogP) is 3.78. The molecule has 33 heavy (non-hydrogen) atoms. The lowest BCUT2D eigenvalue weighted by atomic mass is 10.1. The van der Waals surface area contributed by atoms with Crippen LogP contribution in [0.2, 0.25) is 0 Å². The van der Waals surface area contributed by atoms with E-state index in [9.17, 15) is 14.4 Å². The van der Waals surface area contributed by atoms with Gasteiger partial charge in [0.05, 0.1) is 17.8 Å². The van der Waals surface area contributed by atoms with Gasteiger partial charge in [-0.2, -0.15) is 0 Å². The second-order valence-electron chi connectivity index (χ2n) is 7.87. The fourth-order valence-electron chi connectivity index (χ4n) is 3.94. The van der Waals surface area contributed by atoms with Crippen molar-refractivity contribution in [1.29, 1.82) is 0 Å². The molecule has 7 nitrogen and oxygen atoms in total. The van der Waals surface area contributed by atoms with Gasteiger partial charge in [-0.05, 0) is 54.3 Å². The van der Waals surface area contributed by atoms with Crippen LogP contribution in [0.1, 0.15) is 42.3 Å². The summed E-state index contributed by atoms with van der Waals surface area (Å²) in [5.74, 6) is -0.921. The maximum atomic E-state index is 13.0. The Hall–Kier alpha value is -4.52. The number of pyridine rings is 1. The molecular formula is C26H20N4O3. The number of nitrogens with one attached hydrogen (secondary N) is 2. The molecule has 2 N–H and O–H groups in total. The minimum atomic E-state index is -0.450. The molecule has 5 rings (SSSR count). The standard InChI is InChI=1S/C26H20N4O3/c1-16-8-11-20(14-27-16)25(32)29-28-24(31)19-12-9-17(10-13-19)15-30-22-7-3-5-18-4-2-6-21(23(18)22)26(30)33/h2-14H,15H2,1H3,(H,28,31)(H,29,32). The van der Waals surface area contributed by atoms with Crippen LogP contribution in [0.25, 0.3) is 10.8 Å². The zero-order valence-electron chi connectivity index (χ0n) is 17.8. The van der Waals surface area contributed by atoms with Gasteiger partial charge in [-0.25, -0.2) is 0 Å².